The summed E-state index contributed by atoms with van der Waals surface area (Å²) in [6.07, 6.45) is 0. The zero-order valence-corrected chi connectivity index (χ0v) is 12.9. The van der Waals surface area contributed by atoms with Crippen molar-refractivity contribution in [2.75, 3.05) is 19.0 Å². The molecule has 0 aliphatic rings. The highest BCUT2D eigenvalue weighted by Gasteiger charge is 1.99. The largest absolute Gasteiger partial charge is 0.378 e. The van der Waals surface area contributed by atoms with Crippen molar-refractivity contribution < 1.29 is 0 Å². The summed E-state index contributed by atoms with van der Waals surface area (Å²) in [5, 5.41) is 3.46. The Balaban J connectivity index is 1.87. The van der Waals surface area contributed by atoms with E-state index in [0.717, 1.165) is 17.6 Å². The number of nitrogens with zero attached hydrogens (tertiary/aromatic N) is 1. The predicted molar refractivity (Wildman–Crippen MR) is 85.5 cm³/mol. The standard InChI is InChI=1S/C16H19BrN2/c1-19(2)15-9-7-13(8-10-15)11-18-12-14-5-3-4-6-16(14)17/h3-10,18H,11-12H2,1-2H3. The van der Waals surface area contributed by atoms with Crippen molar-refractivity contribution in [1.82, 2.24) is 5.32 Å². The topological polar surface area (TPSA) is 15.3 Å². The van der Waals surface area contributed by atoms with Gasteiger partial charge in [0.15, 0.2) is 0 Å². The average molecular weight is 319 g/mol. The van der Waals surface area contributed by atoms with E-state index in [2.05, 4.69) is 82.7 Å². The van der Waals surface area contributed by atoms with Crippen LogP contribution >= 0.6 is 15.9 Å². The van der Waals surface area contributed by atoms with Crippen LogP contribution in [0.5, 0.6) is 0 Å². The van der Waals surface area contributed by atoms with Gasteiger partial charge in [0, 0.05) is 37.3 Å². The van der Waals surface area contributed by atoms with Gasteiger partial charge in [-0.1, -0.05) is 46.3 Å². The van der Waals surface area contributed by atoms with Gasteiger partial charge in [0.1, 0.15) is 0 Å². The van der Waals surface area contributed by atoms with E-state index in [1.54, 1.807) is 0 Å². The summed E-state index contributed by atoms with van der Waals surface area (Å²) in [5.41, 5.74) is 3.82. The van der Waals surface area contributed by atoms with Crippen LogP contribution in [0, 0.1) is 0 Å². The molecule has 0 saturated carbocycles. The lowest BCUT2D eigenvalue weighted by molar-refractivity contribution is 0.691. The molecule has 0 saturated heterocycles. The van der Waals surface area contributed by atoms with Crippen LogP contribution in [-0.2, 0) is 13.1 Å². The van der Waals surface area contributed by atoms with E-state index in [1.807, 2.05) is 6.07 Å². The summed E-state index contributed by atoms with van der Waals surface area (Å²) in [6, 6.07) is 16.9. The quantitative estimate of drug-likeness (QED) is 0.902. The fourth-order valence-electron chi connectivity index (χ4n) is 1.90. The molecular formula is C16H19BrN2. The molecule has 0 heterocycles. The number of nitrogens with one attached hydrogen (secondary N) is 1. The maximum Gasteiger partial charge on any atom is 0.0361 e. The minimum absolute atomic E-state index is 0.872. The van der Waals surface area contributed by atoms with E-state index in [9.17, 15) is 0 Å². The number of halogens is 1. The highest BCUT2D eigenvalue weighted by atomic mass is 79.9. The Labute approximate surface area is 123 Å². The van der Waals surface area contributed by atoms with Gasteiger partial charge in [-0.3, -0.25) is 0 Å². The summed E-state index contributed by atoms with van der Waals surface area (Å²) in [6.45, 7) is 1.76. The van der Waals surface area contributed by atoms with Crippen LogP contribution in [0.25, 0.3) is 0 Å². The Morgan fingerprint density at radius 3 is 2.26 bits per heavy atom. The molecule has 2 rings (SSSR count). The Morgan fingerprint density at radius 1 is 0.947 bits per heavy atom. The van der Waals surface area contributed by atoms with Crippen LogP contribution in [0.3, 0.4) is 0 Å². The van der Waals surface area contributed by atoms with Gasteiger partial charge in [-0.15, -0.1) is 0 Å². The monoisotopic (exact) mass is 318 g/mol. The summed E-state index contributed by atoms with van der Waals surface area (Å²) in [5.74, 6) is 0. The molecular weight excluding hydrogens is 300 g/mol. The maximum absolute atomic E-state index is 3.56. The van der Waals surface area contributed by atoms with Crippen LogP contribution in [0.4, 0.5) is 5.69 Å². The Hall–Kier alpha value is -1.32. The summed E-state index contributed by atoms with van der Waals surface area (Å²) in [7, 11) is 4.11. The number of hydrogen-bond donors (Lipinski definition) is 1. The van der Waals surface area contributed by atoms with Crippen LogP contribution < -0.4 is 10.2 Å². The first kappa shape index (κ1) is 14.1. The zero-order valence-electron chi connectivity index (χ0n) is 11.4. The first-order chi connectivity index (χ1) is 9.16. The Morgan fingerprint density at radius 2 is 1.63 bits per heavy atom. The minimum atomic E-state index is 0.872. The minimum Gasteiger partial charge on any atom is -0.378 e. The van der Waals surface area contributed by atoms with Crippen molar-refractivity contribution in [1.29, 1.82) is 0 Å². The van der Waals surface area contributed by atoms with Gasteiger partial charge in [0.25, 0.3) is 0 Å². The lowest BCUT2D eigenvalue weighted by Crippen LogP contribution is -2.13. The van der Waals surface area contributed by atoms with Crippen LogP contribution in [-0.4, -0.2) is 14.1 Å². The molecule has 0 radical (unpaired) electrons. The zero-order chi connectivity index (χ0) is 13.7. The van der Waals surface area contributed by atoms with Crippen LogP contribution in [0.2, 0.25) is 0 Å². The molecule has 0 amide bonds. The van der Waals surface area contributed by atoms with Crippen LogP contribution in [0.1, 0.15) is 11.1 Å². The van der Waals surface area contributed by atoms with E-state index in [0.29, 0.717) is 0 Å². The highest BCUT2D eigenvalue weighted by molar-refractivity contribution is 9.10. The van der Waals surface area contributed by atoms with E-state index < -0.39 is 0 Å². The number of benzene rings is 2. The second-order valence-electron chi connectivity index (χ2n) is 4.76. The Kier molecular flexibility index (Phi) is 5.00. The molecule has 2 aromatic rings. The molecule has 100 valence electrons. The normalized spacial score (nSPS) is 10.5. The second kappa shape index (κ2) is 6.73. The van der Waals surface area contributed by atoms with E-state index >= 15 is 0 Å². The molecule has 2 aromatic carbocycles. The number of anilines is 1. The molecule has 1 N–H and O–H groups in total. The second-order valence-corrected chi connectivity index (χ2v) is 5.61. The first-order valence-electron chi connectivity index (χ1n) is 6.37. The third kappa shape index (κ3) is 4.08. The summed E-state index contributed by atoms with van der Waals surface area (Å²) >= 11 is 3.56. The molecule has 19 heavy (non-hydrogen) atoms. The van der Waals surface area contributed by atoms with E-state index in [1.165, 1.54) is 16.8 Å². The Bertz CT molecular complexity index is 521. The third-order valence-corrected chi connectivity index (χ3v) is 3.83. The van der Waals surface area contributed by atoms with Crippen molar-refractivity contribution >= 4 is 21.6 Å². The van der Waals surface area contributed by atoms with Crippen molar-refractivity contribution in [3.8, 4) is 0 Å². The van der Waals surface area contributed by atoms with Crippen molar-refractivity contribution in [3.63, 3.8) is 0 Å². The molecule has 0 spiro atoms. The molecule has 0 atom stereocenters. The summed E-state index contributed by atoms with van der Waals surface area (Å²) in [4.78, 5) is 2.11. The van der Waals surface area contributed by atoms with Gasteiger partial charge >= 0.3 is 0 Å². The molecule has 0 aromatic heterocycles. The molecule has 3 heteroatoms. The predicted octanol–water partition coefficient (Wildman–Crippen LogP) is 3.80. The molecule has 0 aliphatic carbocycles. The van der Waals surface area contributed by atoms with E-state index in [4.69, 9.17) is 0 Å². The van der Waals surface area contributed by atoms with Crippen molar-refractivity contribution in [2.24, 2.45) is 0 Å². The number of rotatable bonds is 5. The lowest BCUT2D eigenvalue weighted by Gasteiger charge is -2.13. The van der Waals surface area contributed by atoms with Gasteiger partial charge in [0.05, 0.1) is 0 Å². The molecule has 2 nitrogen and oxygen atoms in total. The fraction of sp³-hybridized carbons (Fsp3) is 0.250. The lowest BCUT2D eigenvalue weighted by atomic mass is 10.2. The SMILES string of the molecule is CN(C)c1ccc(CNCc2ccccc2Br)cc1. The third-order valence-electron chi connectivity index (χ3n) is 3.06. The molecule has 0 fully saturated rings. The number of hydrogen-bond acceptors (Lipinski definition) is 2. The molecule has 0 aliphatic heterocycles. The van der Waals surface area contributed by atoms with Gasteiger partial charge < -0.3 is 10.2 Å². The summed E-state index contributed by atoms with van der Waals surface area (Å²) < 4.78 is 1.16. The van der Waals surface area contributed by atoms with Gasteiger partial charge in [-0.25, -0.2) is 0 Å². The molecule has 0 unspecified atom stereocenters. The molecule has 0 bridgehead atoms. The van der Waals surface area contributed by atoms with E-state index in [-0.39, 0.29) is 0 Å². The maximum atomic E-state index is 3.56. The van der Waals surface area contributed by atoms with Gasteiger partial charge in [0.2, 0.25) is 0 Å². The first-order valence-corrected chi connectivity index (χ1v) is 7.16. The average Bonchev–Trinajstić information content (AvgIpc) is 2.41. The van der Waals surface area contributed by atoms with Crippen molar-refractivity contribution in [2.45, 2.75) is 13.1 Å². The smallest absolute Gasteiger partial charge is 0.0361 e. The van der Waals surface area contributed by atoms with Crippen LogP contribution in [0.15, 0.2) is 53.0 Å². The highest BCUT2D eigenvalue weighted by Crippen LogP contribution is 2.16. The van der Waals surface area contributed by atoms with Crippen molar-refractivity contribution in [3.05, 3.63) is 64.1 Å². The van der Waals surface area contributed by atoms with Gasteiger partial charge in [-0.05, 0) is 29.3 Å². The fourth-order valence-corrected chi connectivity index (χ4v) is 2.32. The van der Waals surface area contributed by atoms with Gasteiger partial charge in [-0.2, -0.15) is 0 Å².